The molecule has 4 rings (SSSR count). The maximum atomic E-state index is 12.5. The van der Waals surface area contributed by atoms with Gasteiger partial charge in [0.15, 0.2) is 17.0 Å². The number of hydrogen-bond donors (Lipinski definition) is 1. The highest BCUT2D eigenvalue weighted by Crippen LogP contribution is 2.09. The van der Waals surface area contributed by atoms with Gasteiger partial charge in [0, 0.05) is 59.7 Å². The second kappa shape index (κ2) is 8.73. The first-order chi connectivity index (χ1) is 14.8. The number of hydrogen-bond acceptors (Lipinski definition) is 9. The molecule has 0 saturated carbocycles. The lowest BCUT2D eigenvalue weighted by atomic mass is 10.2. The number of aryl methyl sites for hydroxylation is 1. The largest absolute Gasteiger partial charge is 0.391 e. The number of fused-ring (bicyclic) bond motifs is 1. The van der Waals surface area contributed by atoms with E-state index in [0.29, 0.717) is 18.1 Å². The minimum absolute atomic E-state index is 0.120. The molecule has 0 aromatic carbocycles. The maximum Gasteiger partial charge on any atom is 0.332 e. The molecule has 1 atom stereocenters. The van der Waals surface area contributed by atoms with E-state index in [4.69, 9.17) is 4.52 Å². The molecule has 12 nitrogen and oxygen atoms in total. The summed E-state index contributed by atoms with van der Waals surface area (Å²) in [6.45, 7) is 5.15. The summed E-state index contributed by atoms with van der Waals surface area (Å²) in [7, 11) is 5.10. The molecule has 1 aliphatic rings. The predicted octanol–water partition coefficient (Wildman–Crippen LogP) is -1.79. The van der Waals surface area contributed by atoms with E-state index >= 15 is 0 Å². The SMILES string of the molecule is CN1CCN(CCc2nc(CC(O)Cn3cnc4c3c(=O)n(C)c(=O)n4C)no2)CC1. The summed E-state index contributed by atoms with van der Waals surface area (Å²) >= 11 is 0. The smallest absolute Gasteiger partial charge is 0.332 e. The number of piperazine rings is 1. The Morgan fingerprint density at radius 2 is 1.87 bits per heavy atom. The van der Waals surface area contributed by atoms with Crippen LogP contribution < -0.4 is 11.2 Å². The van der Waals surface area contributed by atoms with Crippen LogP contribution in [0.25, 0.3) is 11.2 Å². The molecule has 0 radical (unpaired) electrons. The third-order valence-corrected chi connectivity index (χ3v) is 5.79. The summed E-state index contributed by atoms with van der Waals surface area (Å²) in [5.41, 5.74) is -0.344. The molecule has 0 bridgehead atoms. The molecule has 1 aliphatic heterocycles. The highest BCUT2D eigenvalue weighted by atomic mass is 16.5. The Hall–Kier alpha value is -2.83. The number of aromatic nitrogens is 6. The molecule has 1 N–H and O–H groups in total. The Bertz CT molecular complexity index is 1170. The predicted molar refractivity (Wildman–Crippen MR) is 112 cm³/mol. The number of likely N-dealkylation sites (N-methyl/N-ethyl adjacent to an activating group) is 1. The van der Waals surface area contributed by atoms with Crippen molar-refractivity contribution >= 4 is 11.2 Å². The molecule has 3 aromatic rings. The number of nitrogens with zero attached hydrogens (tertiary/aromatic N) is 8. The zero-order valence-corrected chi connectivity index (χ0v) is 18.1. The van der Waals surface area contributed by atoms with Gasteiger partial charge in [-0.1, -0.05) is 5.16 Å². The summed E-state index contributed by atoms with van der Waals surface area (Å²) in [6, 6.07) is 0. The van der Waals surface area contributed by atoms with Gasteiger partial charge in [0.05, 0.1) is 19.0 Å². The second-order valence-corrected chi connectivity index (χ2v) is 8.13. The highest BCUT2D eigenvalue weighted by Gasteiger charge is 2.19. The van der Waals surface area contributed by atoms with Crippen molar-refractivity contribution in [1.29, 1.82) is 0 Å². The third kappa shape index (κ3) is 4.45. The van der Waals surface area contributed by atoms with Gasteiger partial charge in [-0.25, -0.2) is 9.78 Å². The average Bonchev–Trinajstić information content (AvgIpc) is 3.37. The second-order valence-electron chi connectivity index (χ2n) is 8.13. The summed E-state index contributed by atoms with van der Waals surface area (Å²) in [4.78, 5) is 37.8. The van der Waals surface area contributed by atoms with Crippen LogP contribution in [0.15, 0.2) is 20.4 Å². The van der Waals surface area contributed by atoms with E-state index in [2.05, 4.69) is 32.0 Å². The number of aliphatic hydroxyl groups excluding tert-OH is 1. The molecule has 0 spiro atoms. The fourth-order valence-electron chi connectivity index (χ4n) is 3.84. The lowest BCUT2D eigenvalue weighted by molar-refractivity contribution is 0.151. The van der Waals surface area contributed by atoms with Crippen molar-refractivity contribution in [3.63, 3.8) is 0 Å². The molecular formula is C19H28N8O4. The van der Waals surface area contributed by atoms with Crippen molar-refractivity contribution in [2.75, 3.05) is 39.8 Å². The van der Waals surface area contributed by atoms with E-state index in [0.717, 1.165) is 37.3 Å². The normalized spacial score (nSPS) is 16.9. The average molecular weight is 432 g/mol. The van der Waals surface area contributed by atoms with Crippen LogP contribution in [0.4, 0.5) is 0 Å². The van der Waals surface area contributed by atoms with Crippen molar-refractivity contribution < 1.29 is 9.63 Å². The quantitative estimate of drug-likeness (QED) is 0.460. The Balaban J connectivity index is 1.38. The van der Waals surface area contributed by atoms with E-state index in [1.54, 1.807) is 11.6 Å². The van der Waals surface area contributed by atoms with E-state index in [1.165, 1.54) is 17.9 Å². The van der Waals surface area contributed by atoms with Crippen molar-refractivity contribution in [2.45, 2.75) is 25.5 Å². The Morgan fingerprint density at radius 3 is 2.61 bits per heavy atom. The fourth-order valence-corrected chi connectivity index (χ4v) is 3.84. The Morgan fingerprint density at radius 1 is 1.13 bits per heavy atom. The minimum Gasteiger partial charge on any atom is -0.391 e. The molecule has 0 aliphatic carbocycles. The highest BCUT2D eigenvalue weighted by molar-refractivity contribution is 5.69. The first-order valence-electron chi connectivity index (χ1n) is 10.3. The van der Waals surface area contributed by atoms with Crippen LogP contribution in [0.1, 0.15) is 11.7 Å². The summed E-state index contributed by atoms with van der Waals surface area (Å²) in [5.74, 6) is 0.976. The number of rotatable bonds is 7. The molecule has 1 fully saturated rings. The van der Waals surface area contributed by atoms with E-state index in [9.17, 15) is 14.7 Å². The van der Waals surface area contributed by atoms with Crippen LogP contribution >= 0.6 is 0 Å². The van der Waals surface area contributed by atoms with Crippen LogP contribution in [-0.2, 0) is 33.5 Å². The minimum atomic E-state index is -0.845. The first kappa shape index (κ1) is 21.4. The van der Waals surface area contributed by atoms with Gasteiger partial charge in [0.2, 0.25) is 5.89 Å². The summed E-state index contributed by atoms with van der Waals surface area (Å²) < 4.78 is 9.22. The van der Waals surface area contributed by atoms with Gasteiger partial charge >= 0.3 is 5.69 Å². The van der Waals surface area contributed by atoms with Gasteiger partial charge in [0.1, 0.15) is 0 Å². The summed E-state index contributed by atoms with van der Waals surface area (Å²) in [6.07, 6.45) is 1.46. The molecule has 3 aromatic heterocycles. The summed E-state index contributed by atoms with van der Waals surface area (Å²) in [5, 5.41) is 14.5. The monoisotopic (exact) mass is 432 g/mol. The van der Waals surface area contributed by atoms with Gasteiger partial charge in [-0.05, 0) is 7.05 Å². The van der Waals surface area contributed by atoms with Gasteiger partial charge in [-0.3, -0.25) is 13.9 Å². The van der Waals surface area contributed by atoms with Crippen molar-refractivity contribution in [3.05, 3.63) is 38.9 Å². The van der Waals surface area contributed by atoms with Gasteiger partial charge in [-0.2, -0.15) is 4.98 Å². The molecule has 12 heteroatoms. The topological polar surface area (TPSA) is 127 Å². The van der Waals surface area contributed by atoms with Crippen LogP contribution in [-0.4, -0.2) is 89.6 Å². The maximum absolute atomic E-state index is 12.5. The fraction of sp³-hybridized carbons (Fsp3) is 0.632. The molecule has 1 unspecified atom stereocenters. The third-order valence-electron chi connectivity index (χ3n) is 5.79. The van der Waals surface area contributed by atoms with Crippen LogP contribution in [0, 0.1) is 0 Å². The molecule has 0 amide bonds. The zero-order chi connectivity index (χ0) is 22.1. The van der Waals surface area contributed by atoms with Crippen molar-refractivity contribution in [1.82, 2.24) is 38.6 Å². The van der Waals surface area contributed by atoms with E-state index in [1.807, 2.05) is 0 Å². The van der Waals surface area contributed by atoms with Crippen LogP contribution in [0.2, 0.25) is 0 Å². The lowest BCUT2D eigenvalue weighted by Crippen LogP contribution is -2.45. The Kier molecular flexibility index (Phi) is 6.03. The van der Waals surface area contributed by atoms with E-state index in [-0.39, 0.29) is 24.1 Å². The molecule has 4 heterocycles. The zero-order valence-electron chi connectivity index (χ0n) is 18.1. The van der Waals surface area contributed by atoms with Crippen molar-refractivity contribution in [3.8, 4) is 0 Å². The molecule has 168 valence electrons. The van der Waals surface area contributed by atoms with E-state index < -0.39 is 17.4 Å². The van der Waals surface area contributed by atoms with Crippen LogP contribution in [0.3, 0.4) is 0 Å². The van der Waals surface area contributed by atoms with Gasteiger partial charge in [0.25, 0.3) is 5.56 Å². The standard InChI is InChI=1S/C19H28N8O4/c1-23-6-8-26(9-7-23)5-4-15-21-14(22-31-15)10-13(28)11-27-12-20-17-16(27)18(29)25(3)19(30)24(17)2/h12-13,28H,4-11H2,1-3H3. The Labute approximate surface area is 178 Å². The number of aliphatic hydroxyl groups is 1. The number of imidazole rings is 1. The first-order valence-corrected chi connectivity index (χ1v) is 10.3. The van der Waals surface area contributed by atoms with Gasteiger partial charge < -0.3 is 24.0 Å². The molecular weight excluding hydrogens is 404 g/mol. The molecule has 1 saturated heterocycles. The van der Waals surface area contributed by atoms with Crippen LogP contribution in [0.5, 0.6) is 0 Å². The molecule has 31 heavy (non-hydrogen) atoms. The van der Waals surface area contributed by atoms with Crippen molar-refractivity contribution in [2.24, 2.45) is 14.1 Å². The lowest BCUT2D eigenvalue weighted by Gasteiger charge is -2.31. The van der Waals surface area contributed by atoms with Gasteiger partial charge in [-0.15, -0.1) is 0 Å².